The molecule has 0 radical (unpaired) electrons. The first-order valence-electron chi connectivity index (χ1n) is 9.09. The van der Waals surface area contributed by atoms with Crippen LogP contribution in [0.15, 0.2) is 42.7 Å². The molecule has 5 heteroatoms. The van der Waals surface area contributed by atoms with Gasteiger partial charge in [0.15, 0.2) is 0 Å². The summed E-state index contributed by atoms with van der Waals surface area (Å²) in [5.41, 5.74) is 4.50. The Hall–Kier alpha value is -2.82. The van der Waals surface area contributed by atoms with Crippen molar-refractivity contribution < 1.29 is 9.53 Å². The van der Waals surface area contributed by atoms with E-state index in [1.807, 2.05) is 24.4 Å². The monoisotopic (exact) mass is 349 g/mol. The van der Waals surface area contributed by atoms with E-state index in [1.165, 1.54) is 11.1 Å². The number of H-pyrrole nitrogens is 1. The maximum absolute atomic E-state index is 12.4. The average molecular weight is 349 g/mol. The highest BCUT2D eigenvalue weighted by molar-refractivity contribution is 5.87. The fourth-order valence-corrected chi connectivity index (χ4v) is 3.86. The average Bonchev–Trinajstić information content (AvgIpc) is 3.08. The first-order valence-corrected chi connectivity index (χ1v) is 9.09. The predicted octanol–water partition coefficient (Wildman–Crippen LogP) is 3.35. The van der Waals surface area contributed by atoms with E-state index in [0.29, 0.717) is 18.9 Å². The lowest BCUT2D eigenvalue weighted by Crippen LogP contribution is -2.31. The molecule has 1 amide bonds. The third-order valence-electron chi connectivity index (χ3n) is 5.22. The van der Waals surface area contributed by atoms with Gasteiger partial charge in [-0.05, 0) is 60.2 Å². The van der Waals surface area contributed by atoms with Gasteiger partial charge in [0.1, 0.15) is 11.4 Å². The number of amides is 1. The SMILES string of the molecule is COc1ccc2c(c1)CCCC2CNC(=O)Cc1c[nH]c2ncccc12. The number of rotatable bonds is 5. The molecule has 0 saturated carbocycles. The predicted molar refractivity (Wildman–Crippen MR) is 101 cm³/mol. The lowest BCUT2D eigenvalue weighted by atomic mass is 9.82. The lowest BCUT2D eigenvalue weighted by Gasteiger charge is -2.26. The van der Waals surface area contributed by atoms with Crippen LogP contribution in [0.2, 0.25) is 0 Å². The van der Waals surface area contributed by atoms with Crippen molar-refractivity contribution in [3.8, 4) is 5.75 Å². The van der Waals surface area contributed by atoms with E-state index in [2.05, 4.69) is 27.4 Å². The van der Waals surface area contributed by atoms with E-state index in [4.69, 9.17) is 4.74 Å². The molecule has 1 aliphatic rings. The van der Waals surface area contributed by atoms with Gasteiger partial charge in [-0.2, -0.15) is 0 Å². The van der Waals surface area contributed by atoms with Gasteiger partial charge in [0.05, 0.1) is 13.5 Å². The van der Waals surface area contributed by atoms with Crippen molar-refractivity contribution in [2.75, 3.05) is 13.7 Å². The zero-order valence-electron chi connectivity index (χ0n) is 14.9. The highest BCUT2D eigenvalue weighted by Crippen LogP contribution is 2.33. The number of carbonyl (C=O) groups is 1. The summed E-state index contributed by atoms with van der Waals surface area (Å²) >= 11 is 0. The van der Waals surface area contributed by atoms with Crippen molar-refractivity contribution in [1.29, 1.82) is 0 Å². The molecule has 2 heterocycles. The van der Waals surface area contributed by atoms with Gasteiger partial charge in [-0.1, -0.05) is 6.07 Å². The molecular formula is C21H23N3O2. The quantitative estimate of drug-likeness (QED) is 0.742. The van der Waals surface area contributed by atoms with Gasteiger partial charge in [0, 0.05) is 30.2 Å². The number of pyridine rings is 1. The zero-order valence-corrected chi connectivity index (χ0v) is 14.9. The van der Waals surface area contributed by atoms with E-state index < -0.39 is 0 Å². The number of benzene rings is 1. The Morgan fingerprint density at radius 3 is 3.19 bits per heavy atom. The molecule has 1 aliphatic carbocycles. The third-order valence-corrected chi connectivity index (χ3v) is 5.22. The molecule has 0 bridgehead atoms. The molecule has 2 N–H and O–H groups in total. The van der Waals surface area contributed by atoms with Crippen LogP contribution in [0, 0.1) is 0 Å². The lowest BCUT2D eigenvalue weighted by molar-refractivity contribution is -0.120. The van der Waals surface area contributed by atoms with E-state index >= 15 is 0 Å². The Labute approximate surface area is 152 Å². The molecule has 0 fully saturated rings. The van der Waals surface area contributed by atoms with Crippen LogP contribution < -0.4 is 10.1 Å². The highest BCUT2D eigenvalue weighted by atomic mass is 16.5. The summed E-state index contributed by atoms with van der Waals surface area (Å²) in [5, 5.41) is 4.13. The number of carbonyl (C=O) groups excluding carboxylic acids is 1. The van der Waals surface area contributed by atoms with Gasteiger partial charge >= 0.3 is 0 Å². The van der Waals surface area contributed by atoms with Crippen molar-refractivity contribution in [3.63, 3.8) is 0 Å². The topological polar surface area (TPSA) is 67.0 Å². The van der Waals surface area contributed by atoms with Crippen molar-refractivity contribution in [3.05, 3.63) is 59.4 Å². The summed E-state index contributed by atoms with van der Waals surface area (Å²) in [4.78, 5) is 19.8. The van der Waals surface area contributed by atoms with Crippen molar-refractivity contribution in [1.82, 2.24) is 15.3 Å². The van der Waals surface area contributed by atoms with Crippen molar-refractivity contribution in [2.45, 2.75) is 31.6 Å². The van der Waals surface area contributed by atoms with Crippen LogP contribution in [-0.2, 0) is 17.6 Å². The van der Waals surface area contributed by atoms with E-state index in [9.17, 15) is 4.79 Å². The van der Waals surface area contributed by atoms with Crippen LogP contribution in [0.25, 0.3) is 11.0 Å². The first-order chi connectivity index (χ1) is 12.7. The maximum atomic E-state index is 12.4. The number of aromatic amines is 1. The molecule has 134 valence electrons. The normalized spacial score (nSPS) is 16.3. The van der Waals surface area contributed by atoms with Gasteiger partial charge in [0.2, 0.25) is 5.91 Å². The van der Waals surface area contributed by atoms with Crippen LogP contribution in [0.4, 0.5) is 0 Å². The largest absolute Gasteiger partial charge is 0.497 e. The van der Waals surface area contributed by atoms with E-state index in [0.717, 1.165) is 41.6 Å². The van der Waals surface area contributed by atoms with Crippen molar-refractivity contribution >= 4 is 16.9 Å². The van der Waals surface area contributed by atoms with Gasteiger partial charge in [-0.25, -0.2) is 4.98 Å². The molecule has 26 heavy (non-hydrogen) atoms. The van der Waals surface area contributed by atoms with E-state index in [1.54, 1.807) is 13.3 Å². The van der Waals surface area contributed by atoms with Crippen LogP contribution in [-0.4, -0.2) is 29.5 Å². The number of nitrogens with zero attached hydrogens (tertiary/aromatic N) is 1. The maximum Gasteiger partial charge on any atom is 0.224 e. The molecular weight excluding hydrogens is 326 g/mol. The smallest absolute Gasteiger partial charge is 0.224 e. The number of aryl methyl sites for hydroxylation is 1. The first kappa shape index (κ1) is 16.6. The number of nitrogens with one attached hydrogen (secondary N) is 2. The summed E-state index contributed by atoms with van der Waals surface area (Å²) in [5.74, 6) is 1.33. The number of hydrogen-bond donors (Lipinski definition) is 2. The van der Waals surface area contributed by atoms with Gasteiger partial charge in [-0.15, -0.1) is 0 Å². The molecule has 1 unspecified atom stereocenters. The minimum absolute atomic E-state index is 0.0513. The minimum Gasteiger partial charge on any atom is -0.497 e. The second-order valence-corrected chi connectivity index (χ2v) is 6.85. The molecule has 1 atom stereocenters. The Morgan fingerprint density at radius 2 is 2.31 bits per heavy atom. The third kappa shape index (κ3) is 3.29. The molecule has 2 aromatic heterocycles. The fourth-order valence-electron chi connectivity index (χ4n) is 3.86. The number of aromatic nitrogens is 2. The molecule has 5 nitrogen and oxygen atoms in total. The second-order valence-electron chi connectivity index (χ2n) is 6.85. The number of methoxy groups -OCH3 is 1. The van der Waals surface area contributed by atoms with Crippen molar-refractivity contribution in [2.24, 2.45) is 0 Å². The second kappa shape index (κ2) is 7.20. The fraction of sp³-hybridized carbons (Fsp3) is 0.333. The van der Waals surface area contributed by atoms with Crippen LogP contribution >= 0.6 is 0 Å². The Morgan fingerprint density at radius 1 is 1.38 bits per heavy atom. The molecule has 3 aromatic rings. The summed E-state index contributed by atoms with van der Waals surface area (Å²) < 4.78 is 5.33. The number of hydrogen-bond acceptors (Lipinski definition) is 3. The number of ether oxygens (including phenoxy) is 1. The summed E-state index contributed by atoms with van der Waals surface area (Å²) in [6, 6.07) is 10.2. The molecule has 0 aliphatic heterocycles. The van der Waals surface area contributed by atoms with E-state index in [-0.39, 0.29) is 5.91 Å². The standard InChI is InChI=1S/C21H23N3O2/c1-26-17-7-8-18-14(10-17)4-2-5-15(18)12-23-20(25)11-16-13-24-21-19(16)6-3-9-22-21/h3,6-10,13,15H,2,4-5,11-12H2,1H3,(H,22,24)(H,23,25). The van der Waals surface area contributed by atoms with Gasteiger partial charge in [-0.3, -0.25) is 4.79 Å². The highest BCUT2D eigenvalue weighted by Gasteiger charge is 2.21. The molecule has 1 aromatic carbocycles. The van der Waals surface area contributed by atoms with Gasteiger partial charge < -0.3 is 15.0 Å². The van der Waals surface area contributed by atoms with Crippen LogP contribution in [0.5, 0.6) is 5.75 Å². The number of fused-ring (bicyclic) bond motifs is 2. The van der Waals surface area contributed by atoms with Crippen LogP contribution in [0.1, 0.15) is 35.4 Å². The summed E-state index contributed by atoms with van der Waals surface area (Å²) in [7, 11) is 1.70. The van der Waals surface area contributed by atoms with Gasteiger partial charge in [0.25, 0.3) is 0 Å². The molecule has 4 rings (SSSR count). The zero-order chi connectivity index (χ0) is 17.9. The molecule has 0 saturated heterocycles. The Balaban J connectivity index is 1.41. The Bertz CT molecular complexity index is 932. The summed E-state index contributed by atoms with van der Waals surface area (Å²) in [6.45, 7) is 0.679. The Kier molecular flexibility index (Phi) is 4.61. The summed E-state index contributed by atoms with van der Waals surface area (Å²) in [6.07, 6.45) is 7.33. The minimum atomic E-state index is 0.0513. The molecule has 0 spiro atoms. The van der Waals surface area contributed by atoms with Crippen LogP contribution in [0.3, 0.4) is 0 Å².